The van der Waals surface area contributed by atoms with E-state index in [0.29, 0.717) is 12.0 Å². The van der Waals surface area contributed by atoms with Crippen molar-refractivity contribution in [1.82, 2.24) is 4.90 Å². The van der Waals surface area contributed by atoms with Crippen LogP contribution in [-0.4, -0.2) is 30.6 Å². The second-order valence-electron chi connectivity index (χ2n) is 5.45. The molecule has 0 bridgehead atoms. The molecule has 0 aromatic heterocycles. The van der Waals surface area contributed by atoms with Gasteiger partial charge in [-0.1, -0.05) is 6.92 Å². The maximum Gasteiger partial charge on any atom is 0.161 e. The van der Waals surface area contributed by atoms with Crippen LogP contribution in [0.5, 0.6) is 0 Å². The van der Waals surface area contributed by atoms with Crippen LogP contribution >= 0.6 is 0 Å². The summed E-state index contributed by atoms with van der Waals surface area (Å²) in [6.45, 7) is 7.22. The molecule has 1 aliphatic heterocycles. The average molecular weight is 286 g/mol. The second kappa shape index (κ2) is 6.48. The number of benzene rings is 1. The first kappa shape index (κ1) is 15.2. The van der Waals surface area contributed by atoms with Gasteiger partial charge in [0.15, 0.2) is 11.6 Å². The van der Waals surface area contributed by atoms with E-state index in [9.17, 15) is 13.2 Å². The first-order valence-electron chi connectivity index (χ1n) is 7.14. The van der Waals surface area contributed by atoms with Gasteiger partial charge in [0.2, 0.25) is 0 Å². The minimum Gasteiger partial charge on any atom is -0.380 e. The lowest BCUT2D eigenvalue weighted by Crippen LogP contribution is -2.39. The maximum atomic E-state index is 13.6. The third-order valence-electron chi connectivity index (χ3n) is 4.18. The Kier molecular flexibility index (Phi) is 4.91. The minimum atomic E-state index is -1.16. The Bertz CT molecular complexity index is 457. The molecule has 0 radical (unpaired) electrons. The van der Waals surface area contributed by atoms with Crippen LogP contribution in [0.4, 0.5) is 18.9 Å². The van der Waals surface area contributed by atoms with E-state index in [2.05, 4.69) is 17.1 Å². The van der Waals surface area contributed by atoms with Gasteiger partial charge < -0.3 is 10.2 Å². The van der Waals surface area contributed by atoms with Gasteiger partial charge >= 0.3 is 0 Å². The largest absolute Gasteiger partial charge is 0.380 e. The van der Waals surface area contributed by atoms with Crippen molar-refractivity contribution >= 4 is 5.69 Å². The Balaban J connectivity index is 1.98. The summed E-state index contributed by atoms with van der Waals surface area (Å²) in [4.78, 5) is 2.38. The highest BCUT2D eigenvalue weighted by Crippen LogP contribution is 2.25. The van der Waals surface area contributed by atoms with Gasteiger partial charge in [0.05, 0.1) is 5.69 Å². The predicted molar refractivity (Wildman–Crippen MR) is 74.2 cm³/mol. The van der Waals surface area contributed by atoms with Crippen LogP contribution in [0.2, 0.25) is 0 Å². The molecule has 0 spiro atoms. The van der Waals surface area contributed by atoms with Crippen molar-refractivity contribution < 1.29 is 13.2 Å². The summed E-state index contributed by atoms with van der Waals surface area (Å²) in [5.41, 5.74) is 0.0364. The molecular formula is C15H21F3N2. The molecule has 2 rings (SSSR count). The number of anilines is 1. The van der Waals surface area contributed by atoms with Gasteiger partial charge in [-0.15, -0.1) is 0 Å². The van der Waals surface area contributed by atoms with E-state index in [-0.39, 0.29) is 11.7 Å². The minimum absolute atomic E-state index is 0.0355. The smallest absolute Gasteiger partial charge is 0.161 e. The number of rotatable bonds is 4. The fourth-order valence-corrected chi connectivity index (χ4v) is 2.77. The van der Waals surface area contributed by atoms with Gasteiger partial charge in [-0.25, -0.2) is 13.2 Å². The normalized spacial score (nSPS) is 19.1. The van der Waals surface area contributed by atoms with Crippen molar-refractivity contribution in [3.8, 4) is 0 Å². The van der Waals surface area contributed by atoms with Gasteiger partial charge in [0.25, 0.3) is 0 Å². The molecule has 0 aliphatic carbocycles. The molecule has 5 heteroatoms. The Labute approximate surface area is 118 Å². The molecule has 0 amide bonds. The third kappa shape index (κ3) is 3.45. The highest BCUT2D eigenvalue weighted by Gasteiger charge is 2.24. The maximum absolute atomic E-state index is 13.6. The topological polar surface area (TPSA) is 15.3 Å². The molecule has 1 fully saturated rings. The third-order valence-corrected chi connectivity index (χ3v) is 4.18. The van der Waals surface area contributed by atoms with Gasteiger partial charge in [0, 0.05) is 18.2 Å². The molecule has 20 heavy (non-hydrogen) atoms. The van der Waals surface area contributed by atoms with Crippen LogP contribution in [0.25, 0.3) is 0 Å². The summed E-state index contributed by atoms with van der Waals surface area (Å²) in [6.07, 6.45) is 2.07. The van der Waals surface area contributed by atoms with Crippen molar-refractivity contribution in [2.24, 2.45) is 5.92 Å². The summed E-state index contributed by atoms with van der Waals surface area (Å²) >= 11 is 0. The molecule has 1 aromatic carbocycles. The molecule has 1 N–H and O–H groups in total. The second-order valence-corrected chi connectivity index (χ2v) is 5.45. The Morgan fingerprint density at radius 2 is 1.75 bits per heavy atom. The van der Waals surface area contributed by atoms with E-state index in [1.54, 1.807) is 0 Å². The average Bonchev–Trinajstić information content (AvgIpc) is 2.44. The van der Waals surface area contributed by atoms with Crippen molar-refractivity contribution in [1.29, 1.82) is 0 Å². The quantitative estimate of drug-likeness (QED) is 0.850. The fraction of sp³-hybridized carbons (Fsp3) is 0.600. The van der Waals surface area contributed by atoms with Crippen LogP contribution in [0.3, 0.4) is 0 Å². The Morgan fingerprint density at radius 3 is 2.35 bits per heavy atom. The molecule has 112 valence electrons. The molecular weight excluding hydrogens is 265 g/mol. The number of halogens is 3. The van der Waals surface area contributed by atoms with Gasteiger partial charge in [-0.05, 0) is 45.3 Å². The number of nitrogens with zero attached hydrogens (tertiary/aromatic N) is 1. The molecule has 1 aromatic rings. The van der Waals surface area contributed by atoms with Gasteiger partial charge in [-0.2, -0.15) is 0 Å². The molecule has 1 heterocycles. The number of likely N-dealkylation sites (tertiary alicyclic amines) is 1. The number of nitrogens with one attached hydrogen (secondary N) is 1. The van der Waals surface area contributed by atoms with Crippen LogP contribution < -0.4 is 5.32 Å². The monoisotopic (exact) mass is 286 g/mol. The highest BCUT2D eigenvalue weighted by molar-refractivity contribution is 5.46. The van der Waals surface area contributed by atoms with Crippen molar-refractivity contribution in [2.45, 2.75) is 32.7 Å². The van der Waals surface area contributed by atoms with E-state index in [0.717, 1.165) is 38.5 Å². The van der Waals surface area contributed by atoms with Crippen LogP contribution in [0.1, 0.15) is 26.7 Å². The molecule has 0 saturated carbocycles. The van der Waals surface area contributed by atoms with E-state index < -0.39 is 17.5 Å². The number of piperidine rings is 1. The van der Waals surface area contributed by atoms with Crippen LogP contribution in [0.15, 0.2) is 12.1 Å². The first-order valence-corrected chi connectivity index (χ1v) is 7.14. The molecule has 1 saturated heterocycles. The van der Waals surface area contributed by atoms with Crippen molar-refractivity contribution in [3.63, 3.8) is 0 Å². The lowest BCUT2D eigenvalue weighted by atomic mass is 9.90. The van der Waals surface area contributed by atoms with E-state index in [1.807, 2.05) is 6.92 Å². The van der Waals surface area contributed by atoms with Crippen LogP contribution in [0, 0.1) is 23.4 Å². The zero-order valence-corrected chi connectivity index (χ0v) is 11.9. The SMILES string of the molecule is CCN1CCC(C(C)Nc2cc(F)c(F)cc2F)CC1. The van der Waals surface area contributed by atoms with E-state index >= 15 is 0 Å². The van der Waals surface area contributed by atoms with Gasteiger partial charge in [0.1, 0.15) is 5.82 Å². The summed E-state index contributed by atoms with van der Waals surface area (Å²) < 4.78 is 39.6. The summed E-state index contributed by atoms with van der Waals surface area (Å²) in [7, 11) is 0. The van der Waals surface area contributed by atoms with Crippen molar-refractivity contribution in [3.05, 3.63) is 29.6 Å². The van der Waals surface area contributed by atoms with E-state index in [4.69, 9.17) is 0 Å². The Morgan fingerprint density at radius 1 is 1.15 bits per heavy atom. The van der Waals surface area contributed by atoms with Gasteiger partial charge in [-0.3, -0.25) is 0 Å². The lowest BCUT2D eigenvalue weighted by Gasteiger charge is -2.34. The number of hydrogen-bond acceptors (Lipinski definition) is 2. The van der Waals surface area contributed by atoms with E-state index in [1.165, 1.54) is 0 Å². The summed E-state index contributed by atoms with van der Waals surface area (Å²) in [6, 6.07) is 1.51. The highest BCUT2D eigenvalue weighted by atomic mass is 19.2. The fourth-order valence-electron chi connectivity index (χ4n) is 2.77. The number of hydrogen-bond donors (Lipinski definition) is 1. The summed E-state index contributed by atoms with van der Waals surface area (Å²) in [5, 5.41) is 2.98. The molecule has 1 atom stereocenters. The first-order chi connectivity index (χ1) is 9.51. The molecule has 2 nitrogen and oxygen atoms in total. The van der Waals surface area contributed by atoms with Crippen LogP contribution in [-0.2, 0) is 0 Å². The zero-order chi connectivity index (χ0) is 14.7. The molecule has 1 aliphatic rings. The zero-order valence-electron chi connectivity index (χ0n) is 11.9. The standard InChI is InChI=1S/C15H21F3N2/c1-3-20-6-4-11(5-7-20)10(2)19-15-9-13(17)12(16)8-14(15)18/h8-11,19H,3-7H2,1-2H3. The lowest BCUT2D eigenvalue weighted by molar-refractivity contribution is 0.183. The van der Waals surface area contributed by atoms with Crippen molar-refractivity contribution in [2.75, 3.05) is 25.0 Å². The predicted octanol–water partition coefficient (Wildman–Crippen LogP) is 3.64. The summed E-state index contributed by atoms with van der Waals surface area (Å²) in [5.74, 6) is -2.51. The Hall–Kier alpha value is -1.23. The molecule has 1 unspecified atom stereocenters.